The fraction of sp³-hybridized carbons (Fsp3) is 0.294. The number of amides is 1. The highest BCUT2D eigenvalue weighted by Crippen LogP contribution is 2.20. The van der Waals surface area contributed by atoms with Gasteiger partial charge < -0.3 is 5.32 Å². The highest BCUT2D eigenvalue weighted by atomic mass is 32.2. The Balaban J connectivity index is 2.23. The Kier molecular flexibility index (Phi) is 6.60. The average Bonchev–Trinajstić information content (AvgIpc) is 2.65. The lowest BCUT2D eigenvalue weighted by atomic mass is 10.1. The summed E-state index contributed by atoms with van der Waals surface area (Å²) < 4.78 is 40.1. The Morgan fingerprint density at radius 2 is 2.08 bits per heavy atom. The Morgan fingerprint density at radius 3 is 2.72 bits per heavy atom. The number of halogens is 1. The van der Waals surface area contributed by atoms with Crippen molar-refractivity contribution in [1.29, 1.82) is 0 Å². The van der Waals surface area contributed by atoms with Crippen molar-refractivity contribution in [1.82, 2.24) is 15.0 Å². The fourth-order valence-corrected chi connectivity index (χ4v) is 3.65. The van der Waals surface area contributed by atoms with E-state index in [0.29, 0.717) is 6.42 Å². The summed E-state index contributed by atoms with van der Waals surface area (Å²) in [6, 6.07) is 8.74. The van der Waals surface area contributed by atoms with Gasteiger partial charge in [0.05, 0.1) is 4.90 Å². The molecule has 0 unspecified atom stereocenters. The number of nitrogens with zero attached hydrogens (tertiary/aromatic N) is 1. The third-order valence-electron chi connectivity index (χ3n) is 3.58. The Labute approximate surface area is 146 Å². The lowest BCUT2D eigenvalue weighted by Crippen LogP contribution is -2.29. The van der Waals surface area contributed by atoms with Gasteiger partial charge in [0, 0.05) is 30.5 Å². The zero-order valence-electron chi connectivity index (χ0n) is 13.8. The van der Waals surface area contributed by atoms with Crippen LogP contribution in [0.1, 0.15) is 35.3 Å². The molecular formula is C17H20FN3O3S. The van der Waals surface area contributed by atoms with Crippen LogP contribution in [0.15, 0.2) is 53.7 Å². The summed E-state index contributed by atoms with van der Waals surface area (Å²) in [4.78, 5) is 15.9. The molecule has 0 radical (unpaired) electrons. The number of alkyl halides is 1. The second-order valence-corrected chi connectivity index (χ2v) is 7.06. The molecule has 2 aromatic rings. The predicted molar refractivity (Wildman–Crippen MR) is 92.3 cm³/mol. The number of nitrogens with one attached hydrogen (secondary N) is 2. The minimum Gasteiger partial charge on any atom is -0.349 e. The summed E-state index contributed by atoms with van der Waals surface area (Å²) in [6.45, 7) is 1.06. The van der Waals surface area contributed by atoms with Crippen LogP contribution in [0.3, 0.4) is 0 Å². The number of hydrogen-bond donors (Lipinski definition) is 2. The number of carbonyl (C=O) groups is 1. The van der Waals surface area contributed by atoms with E-state index in [0.717, 1.165) is 5.56 Å². The van der Waals surface area contributed by atoms with Crippen LogP contribution < -0.4 is 10.0 Å². The van der Waals surface area contributed by atoms with Gasteiger partial charge in [-0.25, -0.2) is 17.5 Å². The zero-order valence-corrected chi connectivity index (χ0v) is 14.6. The standard InChI is InChI=1S/C17H20FN3O3S/c1-2-16(14-6-4-9-19-12-14)21-25(23,24)15-7-3-5-13(11-15)17(22)20-10-8-18/h3-7,9,11-12,16,21H,2,8,10H2,1H3,(H,20,22)/t16-/m1/s1. The highest BCUT2D eigenvalue weighted by molar-refractivity contribution is 7.89. The largest absolute Gasteiger partial charge is 0.349 e. The second-order valence-electron chi connectivity index (χ2n) is 5.34. The molecule has 2 rings (SSSR count). The molecule has 0 saturated heterocycles. The molecule has 25 heavy (non-hydrogen) atoms. The van der Waals surface area contributed by atoms with Crippen LogP contribution >= 0.6 is 0 Å². The fourth-order valence-electron chi connectivity index (χ4n) is 2.29. The number of aromatic nitrogens is 1. The van der Waals surface area contributed by atoms with Crippen molar-refractivity contribution in [3.63, 3.8) is 0 Å². The predicted octanol–water partition coefficient (Wildman–Crippen LogP) is 2.21. The molecule has 0 bridgehead atoms. The Hall–Kier alpha value is -2.32. The minimum atomic E-state index is -3.83. The van der Waals surface area contributed by atoms with E-state index in [9.17, 15) is 17.6 Å². The maximum absolute atomic E-state index is 12.6. The summed E-state index contributed by atoms with van der Waals surface area (Å²) in [5.74, 6) is -0.519. The maximum atomic E-state index is 12.6. The lowest BCUT2D eigenvalue weighted by molar-refractivity contribution is 0.0950. The molecule has 1 aromatic heterocycles. The molecule has 1 heterocycles. The molecule has 1 atom stereocenters. The summed E-state index contributed by atoms with van der Waals surface area (Å²) in [5, 5.41) is 2.37. The highest BCUT2D eigenvalue weighted by Gasteiger charge is 2.21. The second kappa shape index (κ2) is 8.68. The number of benzene rings is 1. The zero-order chi connectivity index (χ0) is 18.3. The third kappa shape index (κ3) is 5.07. The van der Waals surface area contributed by atoms with E-state index in [1.165, 1.54) is 24.3 Å². The summed E-state index contributed by atoms with van der Waals surface area (Å²) in [6.07, 6.45) is 3.77. The molecule has 8 heteroatoms. The Bertz CT molecular complexity index is 813. The molecule has 134 valence electrons. The number of rotatable bonds is 8. The number of hydrogen-bond acceptors (Lipinski definition) is 4. The molecule has 0 fully saturated rings. The first-order valence-corrected chi connectivity index (χ1v) is 9.32. The number of pyridine rings is 1. The van der Waals surface area contributed by atoms with Gasteiger partial charge in [-0.15, -0.1) is 0 Å². The van der Waals surface area contributed by atoms with E-state index in [1.54, 1.807) is 24.5 Å². The van der Waals surface area contributed by atoms with Crippen molar-refractivity contribution in [2.24, 2.45) is 0 Å². The van der Waals surface area contributed by atoms with Crippen molar-refractivity contribution in [2.75, 3.05) is 13.2 Å². The van der Waals surface area contributed by atoms with Gasteiger partial charge in [-0.1, -0.05) is 19.1 Å². The average molecular weight is 365 g/mol. The van der Waals surface area contributed by atoms with Crippen molar-refractivity contribution >= 4 is 15.9 Å². The van der Waals surface area contributed by atoms with Gasteiger partial charge in [0.1, 0.15) is 6.67 Å². The molecule has 2 N–H and O–H groups in total. The number of sulfonamides is 1. The van der Waals surface area contributed by atoms with Gasteiger partial charge in [-0.2, -0.15) is 0 Å². The monoisotopic (exact) mass is 365 g/mol. The molecule has 0 aliphatic heterocycles. The van der Waals surface area contributed by atoms with Crippen LogP contribution in [0.4, 0.5) is 4.39 Å². The minimum absolute atomic E-state index is 0.0252. The third-order valence-corrected chi connectivity index (χ3v) is 5.05. The summed E-state index contributed by atoms with van der Waals surface area (Å²) in [5.41, 5.74) is 0.913. The SMILES string of the molecule is CC[C@@H](NS(=O)(=O)c1cccc(C(=O)NCCF)c1)c1cccnc1. The molecular weight excluding hydrogens is 345 g/mol. The Morgan fingerprint density at radius 1 is 1.28 bits per heavy atom. The van der Waals surface area contributed by atoms with Crippen molar-refractivity contribution < 1.29 is 17.6 Å². The van der Waals surface area contributed by atoms with Crippen LogP contribution in [0, 0.1) is 0 Å². The van der Waals surface area contributed by atoms with E-state index >= 15 is 0 Å². The molecule has 6 nitrogen and oxygen atoms in total. The van der Waals surface area contributed by atoms with Crippen molar-refractivity contribution in [3.05, 3.63) is 59.9 Å². The van der Waals surface area contributed by atoms with Crippen LogP contribution in [0.5, 0.6) is 0 Å². The van der Waals surface area contributed by atoms with E-state index in [-0.39, 0.29) is 17.0 Å². The van der Waals surface area contributed by atoms with Gasteiger partial charge in [0.2, 0.25) is 10.0 Å². The first-order valence-electron chi connectivity index (χ1n) is 7.84. The van der Waals surface area contributed by atoms with Crippen molar-refractivity contribution in [3.8, 4) is 0 Å². The molecule has 0 saturated carbocycles. The first-order chi connectivity index (χ1) is 12.0. The van der Waals surface area contributed by atoms with Gasteiger partial charge in [-0.3, -0.25) is 9.78 Å². The van der Waals surface area contributed by atoms with Crippen molar-refractivity contribution in [2.45, 2.75) is 24.3 Å². The maximum Gasteiger partial charge on any atom is 0.251 e. The first kappa shape index (κ1) is 19.0. The van der Waals surface area contributed by atoms with Crippen LogP contribution in [-0.4, -0.2) is 32.5 Å². The molecule has 1 amide bonds. The van der Waals surface area contributed by atoms with Gasteiger partial charge >= 0.3 is 0 Å². The summed E-state index contributed by atoms with van der Waals surface area (Å²) in [7, 11) is -3.83. The molecule has 0 spiro atoms. The van der Waals surface area contributed by atoms with Crippen LogP contribution in [0.2, 0.25) is 0 Å². The van der Waals surface area contributed by atoms with Gasteiger partial charge in [-0.05, 0) is 36.2 Å². The van der Waals surface area contributed by atoms with E-state index in [4.69, 9.17) is 0 Å². The van der Waals surface area contributed by atoms with E-state index in [1.807, 2.05) is 6.92 Å². The van der Waals surface area contributed by atoms with Gasteiger partial charge in [0.15, 0.2) is 0 Å². The normalized spacial score (nSPS) is 12.6. The smallest absolute Gasteiger partial charge is 0.251 e. The van der Waals surface area contributed by atoms with Crippen LogP contribution in [0.25, 0.3) is 0 Å². The number of carbonyl (C=O) groups excluding carboxylic acids is 1. The van der Waals surface area contributed by atoms with E-state index < -0.39 is 28.6 Å². The van der Waals surface area contributed by atoms with E-state index in [2.05, 4.69) is 15.0 Å². The summed E-state index contributed by atoms with van der Waals surface area (Å²) >= 11 is 0. The topological polar surface area (TPSA) is 88.2 Å². The van der Waals surface area contributed by atoms with Crippen LogP contribution in [-0.2, 0) is 10.0 Å². The lowest BCUT2D eigenvalue weighted by Gasteiger charge is -2.17. The van der Waals surface area contributed by atoms with Gasteiger partial charge in [0.25, 0.3) is 5.91 Å². The molecule has 0 aliphatic carbocycles. The molecule has 1 aromatic carbocycles. The quantitative estimate of drug-likeness (QED) is 0.751. The molecule has 0 aliphatic rings.